The van der Waals surface area contributed by atoms with Gasteiger partial charge in [0.1, 0.15) is 0 Å². The summed E-state index contributed by atoms with van der Waals surface area (Å²) in [6.45, 7) is 1.37. The van der Waals surface area contributed by atoms with E-state index in [0.29, 0.717) is 22.9 Å². The Morgan fingerprint density at radius 3 is 2.38 bits per heavy atom. The van der Waals surface area contributed by atoms with Crippen molar-refractivity contribution < 1.29 is 32.6 Å². The lowest BCUT2D eigenvalue weighted by molar-refractivity contribution is -0.151. The second-order valence-electron chi connectivity index (χ2n) is 9.92. The zero-order chi connectivity index (χ0) is 30.6. The molecule has 4 rings (SSSR count). The molecule has 14 heteroatoms. The van der Waals surface area contributed by atoms with Gasteiger partial charge in [0.25, 0.3) is 5.91 Å². The number of aromatic nitrogens is 3. The number of carbonyl (C=O) groups is 2. The molecule has 2 heterocycles. The van der Waals surface area contributed by atoms with Crippen LogP contribution in [0.15, 0.2) is 47.3 Å². The molecular formula is C28H28BrCl2F3N4O4. The first-order chi connectivity index (χ1) is 19.9. The average molecular weight is 692 g/mol. The van der Waals surface area contributed by atoms with Gasteiger partial charge in [0.15, 0.2) is 5.69 Å². The van der Waals surface area contributed by atoms with E-state index in [-0.39, 0.29) is 53.5 Å². The smallest absolute Gasteiger partial charge is 0.433 e. The van der Waals surface area contributed by atoms with E-state index in [4.69, 9.17) is 27.9 Å². The summed E-state index contributed by atoms with van der Waals surface area (Å²) in [6.07, 6.45) is -1.66. The van der Waals surface area contributed by atoms with Crippen LogP contribution in [0.4, 0.5) is 13.2 Å². The lowest BCUT2D eigenvalue weighted by atomic mass is 9.86. The number of hydrogen-bond donors (Lipinski definition) is 1. The van der Waals surface area contributed by atoms with Crippen LogP contribution in [0.2, 0.25) is 10.0 Å². The van der Waals surface area contributed by atoms with Crippen LogP contribution in [0.1, 0.15) is 71.9 Å². The molecular weight excluding hydrogens is 664 g/mol. The number of ether oxygens (including phenoxy) is 1. The minimum atomic E-state index is -4.91. The van der Waals surface area contributed by atoms with Crippen LogP contribution < -0.4 is 0 Å². The van der Waals surface area contributed by atoms with E-state index in [2.05, 4.69) is 26.0 Å². The van der Waals surface area contributed by atoms with E-state index in [9.17, 15) is 27.9 Å². The summed E-state index contributed by atoms with van der Waals surface area (Å²) >= 11 is 15.8. The molecule has 2 aromatic heterocycles. The number of hydrogen-bond acceptors (Lipinski definition) is 6. The Morgan fingerprint density at radius 2 is 1.79 bits per heavy atom. The molecule has 1 atom stereocenters. The number of aliphatic hydroxyl groups excluding tert-OH is 1. The molecule has 1 aliphatic rings. The molecule has 0 radical (unpaired) electrons. The Bertz CT molecular complexity index is 1410. The van der Waals surface area contributed by atoms with E-state index in [1.165, 1.54) is 12.4 Å². The van der Waals surface area contributed by atoms with Crippen LogP contribution in [0.5, 0.6) is 0 Å². The Balaban J connectivity index is 1.67. The Labute approximate surface area is 258 Å². The number of benzene rings is 1. The molecule has 8 nitrogen and oxygen atoms in total. The monoisotopic (exact) mass is 690 g/mol. The van der Waals surface area contributed by atoms with Gasteiger partial charge in [-0.1, -0.05) is 57.3 Å². The maximum Gasteiger partial charge on any atom is 0.433 e. The molecule has 1 saturated carbocycles. The third-order valence-electron chi connectivity index (χ3n) is 7.18. The van der Waals surface area contributed by atoms with Gasteiger partial charge in [-0.25, -0.2) is 0 Å². The van der Waals surface area contributed by atoms with E-state index >= 15 is 0 Å². The largest absolute Gasteiger partial charge is 0.466 e. The molecule has 1 aliphatic carbocycles. The highest BCUT2D eigenvalue weighted by atomic mass is 79.9. The second-order valence-corrected chi connectivity index (χ2v) is 11.6. The Kier molecular flexibility index (Phi) is 10.6. The van der Waals surface area contributed by atoms with Crippen molar-refractivity contribution in [2.45, 2.75) is 57.5 Å². The van der Waals surface area contributed by atoms with Crippen LogP contribution in [0.25, 0.3) is 0 Å². The highest BCUT2D eigenvalue weighted by Gasteiger charge is 2.43. The average Bonchev–Trinajstić information content (AvgIpc) is 3.40. The van der Waals surface area contributed by atoms with Crippen LogP contribution in [-0.4, -0.2) is 49.8 Å². The van der Waals surface area contributed by atoms with E-state index < -0.39 is 42.0 Å². The van der Waals surface area contributed by atoms with Gasteiger partial charge in [-0.3, -0.25) is 19.3 Å². The summed E-state index contributed by atoms with van der Waals surface area (Å²) in [7, 11) is 0. The zero-order valence-electron chi connectivity index (χ0n) is 22.5. The Morgan fingerprint density at radius 1 is 1.14 bits per heavy atom. The van der Waals surface area contributed by atoms with Crippen LogP contribution in [0.3, 0.4) is 0 Å². The molecule has 0 aliphatic heterocycles. The minimum Gasteiger partial charge on any atom is -0.466 e. The van der Waals surface area contributed by atoms with Crippen molar-refractivity contribution in [1.82, 2.24) is 19.7 Å². The van der Waals surface area contributed by atoms with Gasteiger partial charge in [-0.05, 0) is 44.2 Å². The number of halogens is 6. The van der Waals surface area contributed by atoms with Crippen LogP contribution >= 0.6 is 39.1 Å². The van der Waals surface area contributed by atoms with E-state index in [1.807, 2.05) is 0 Å². The number of rotatable bonds is 9. The van der Waals surface area contributed by atoms with Crippen LogP contribution in [-0.2, 0) is 22.3 Å². The SMILES string of the molecule is CCOC(=O)[C@H]1CC[C@H](n2ncc(C(=O)N(Cc3ccccc3Br)CC(O)c3c(Cl)cncc3Cl)c2C(F)(F)F)CC1. The fraction of sp³-hybridized carbons (Fsp3) is 0.429. The first-order valence-corrected chi connectivity index (χ1v) is 14.8. The summed E-state index contributed by atoms with van der Waals surface area (Å²) < 4.78 is 50.2. The van der Waals surface area contributed by atoms with Gasteiger partial charge in [0.05, 0.1) is 53.0 Å². The lowest BCUT2D eigenvalue weighted by Crippen LogP contribution is -2.36. The predicted octanol–water partition coefficient (Wildman–Crippen LogP) is 7.04. The molecule has 1 amide bonds. The van der Waals surface area contributed by atoms with Gasteiger partial charge in [0, 0.05) is 29.0 Å². The molecule has 1 N–H and O–H groups in total. The number of aliphatic hydroxyl groups is 1. The summed E-state index contributed by atoms with van der Waals surface area (Å²) in [5.74, 6) is -1.73. The number of esters is 1. The fourth-order valence-corrected chi connectivity index (χ4v) is 6.18. The van der Waals surface area contributed by atoms with Crippen molar-refractivity contribution in [3.05, 3.63) is 79.8 Å². The molecule has 226 valence electrons. The zero-order valence-corrected chi connectivity index (χ0v) is 25.5. The van der Waals surface area contributed by atoms with Gasteiger partial charge >= 0.3 is 12.1 Å². The maximum absolute atomic E-state index is 14.5. The van der Waals surface area contributed by atoms with Crippen molar-refractivity contribution >= 4 is 51.0 Å². The number of amides is 1. The second kappa shape index (κ2) is 13.7. The molecule has 1 fully saturated rings. The topological polar surface area (TPSA) is 97.6 Å². The van der Waals surface area contributed by atoms with Crippen molar-refractivity contribution in [2.75, 3.05) is 13.2 Å². The Hall–Kier alpha value is -2.67. The highest BCUT2D eigenvalue weighted by Crippen LogP contribution is 2.40. The summed E-state index contributed by atoms with van der Waals surface area (Å²) in [6, 6.07) is 6.26. The summed E-state index contributed by atoms with van der Waals surface area (Å²) in [5, 5.41) is 15.2. The van der Waals surface area contributed by atoms with E-state index in [0.717, 1.165) is 15.8 Å². The number of alkyl halides is 3. The van der Waals surface area contributed by atoms with Crippen molar-refractivity contribution in [1.29, 1.82) is 0 Å². The van der Waals surface area contributed by atoms with Crippen molar-refractivity contribution in [3.63, 3.8) is 0 Å². The highest BCUT2D eigenvalue weighted by molar-refractivity contribution is 9.10. The standard InChI is InChI=1S/C28H28BrCl2F3N4O4/c1-2-42-27(41)16-7-9-18(10-8-16)38-25(28(32,33)34)19(11-36-38)26(40)37(14-17-5-3-4-6-20(17)29)15-23(39)24-21(30)12-35-13-22(24)31/h3-6,11-13,16,18,23,39H,2,7-10,14-15H2,1H3/t16-,18-,23?. The lowest BCUT2D eigenvalue weighted by Gasteiger charge is -2.29. The number of nitrogens with zero attached hydrogens (tertiary/aromatic N) is 4. The molecule has 0 spiro atoms. The number of carbonyl (C=O) groups excluding carboxylic acids is 2. The normalized spacial score (nSPS) is 18.0. The predicted molar refractivity (Wildman–Crippen MR) is 153 cm³/mol. The quantitative estimate of drug-likeness (QED) is 0.242. The fourth-order valence-electron chi connectivity index (χ4n) is 5.16. The van der Waals surface area contributed by atoms with Crippen molar-refractivity contribution in [3.8, 4) is 0 Å². The molecule has 3 aromatic rings. The third kappa shape index (κ3) is 7.27. The molecule has 0 saturated heterocycles. The molecule has 0 bridgehead atoms. The molecule has 42 heavy (non-hydrogen) atoms. The first-order valence-electron chi connectivity index (χ1n) is 13.2. The molecule has 1 unspecified atom stereocenters. The van der Waals surface area contributed by atoms with Gasteiger partial charge < -0.3 is 14.7 Å². The van der Waals surface area contributed by atoms with Gasteiger partial charge in [-0.2, -0.15) is 18.3 Å². The third-order valence-corrected chi connectivity index (χ3v) is 8.56. The van der Waals surface area contributed by atoms with Gasteiger partial charge in [0.2, 0.25) is 0 Å². The summed E-state index contributed by atoms with van der Waals surface area (Å²) in [5.41, 5.74) is -1.13. The molecule has 1 aromatic carbocycles. The number of pyridine rings is 1. The maximum atomic E-state index is 14.5. The van der Waals surface area contributed by atoms with Gasteiger partial charge in [-0.15, -0.1) is 0 Å². The first kappa shape index (κ1) is 32.2. The van der Waals surface area contributed by atoms with E-state index in [1.54, 1.807) is 31.2 Å². The minimum absolute atomic E-state index is 0.0468. The van der Waals surface area contributed by atoms with Crippen LogP contribution in [0, 0.1) is 5.92 Å². The summed E-state index contributed by atoms with van der Waals surface area (Å²) in [4.78, 5) is 31.0. The van der Waals surface area contributed by atoms with Crippen molar-refractivity contribution in [2.24, 2.45) is 5.92 Å².